The van der Waals surface area contributed by atoms with Gasteiger partial charge in [-0.05, 0) is 51.0 Å². The molecular formula is C22H20ClF4N3O. The highest BCUT2D eigenvalue weighted by Crippen LogP contribution is 2.45. The van der Waals surface area contributed by atoms with Crippen molar-refractivity contribution in [1.29, 1.82) is 0 Å². The number of rotatable bonds is 2. The molecule has 2 aliphatic heterocycles. The summed E-state index contributed by atoms with van der Waals surface area (Å²) in [4.78, 5) is 10.2. The van der Waals surface area contributed by atoms with Gasteiger partial charge in [0.25, 0.3) is 0 Å². The molecule has 0 bridgehead atoms. The van der Waals surface area contributed by atoms with Crippen molar-refractivity contribution in [3.8, 4) is 11.1 Å². The first-order chi connectivity index (χ1) is 14.4. The molecule has 2 atom stereocenters. The minimum atomic E-state index is -4.91. The number of aliphatic hydroxyl groups is 1. The van der Waals surface area contributed by atoms with Gasteiger partial charge < -0.3 is 10.0 Å². The number of hydrogen-bond donors (Lipinski definition) is 1. The fourth-order valence-electron chi connectivity index (χ4n) is 4.01. The van der Waals surface area contributed by atoms with E-state index in [4.69, 9.17) is 11.6 Å². The van der Waals surface area contributed by atoms with E-state index < -0.39 is 23.2 Å². The average Bonchev–Trinajstić information content (AvgIpc) is 2.69. The van der Waals surface area contributed by atoms with E-state index in [0.29, 0.717) is 25.5 Å². The molecule has 2 unspecified atom stereocenters. The van der Waals surface area contributed by atoms with Crippen LogP contribution in [0.1, 0.15) is 38.3 Å². The third-order valence-electron chi connectivity index (χ3n) is 5.71. The van der Waals surface area contributed by atoms with E-state index in [-0.39, 0.29) is 22.2 Å². The van der Waals surface area contributed by atoms with Crippen molar-refractivity contribution in [1.82, 2.24) is 4.98 Å². The van der Waals surface area contributed by atoms with Gasteiger partial charge in [-0.15, -0.1) is 0 Å². The van der Waals surface area contributed by atoms with Crippen molar-refractivity contribution in [2.24, 2.45) is 4.99 Å². The summed E-state index contributed by atoms with van der Waals surface area (Å²) in [6, 6.07) is 2.69. The Morgan fingerprint density at radius 3 is 2.58 bits per heavy atom. The summed E-state index contributed by atoms with van der Waals surface area (Å²) in [6.45, 7) is 4.50. The molecule has 1 N–H and O–H groups in total. The minimum absolute atomic E-state index is 0.0194. The van der Waals surface area contributed by atoms with Crippen LogP contribution in [0, 0.1) is 5.82 Å². The van der Waals surface area contributed by atoms with E-state index in [9.17, 15) is 18.3 Å². The minimum Gasteiger partial charge on any atom is -0.376 e. The first-order valence-electron chi connectivity index (χ1n) is 9.73. The zero-order chi connectivity index (χ0) is 22.7. The molecular weight excluding hydrogens is 434 g/mol. The number of anilines is 1. The highest BCUT2D eigenvalue weighted by molar-refractivity contribution is 6.35. The number of pyridine rings is 1. The molecule has 3 heterocycles. The van der Waals surface area contributed by atoms with Crippen molar-refractivity contribution in [3.05, 3.63) is 58.3 Å². The van der Waals surface area contributed by atoms with Crippen LogP contribution in [0.5, 0.6) is 0 Å². The highest BCUT2D eigenvalue weighted by Gasteiger charge is 2.51. The number of hydrogen-bond acceptors (Lipinski definition) is 4. The van der Waals surface area contributed by atoms with Crippen LogP contribution in [0.2, 0.25) is 5.02 Å². The van der Waals surface area contributed by atoms with Crippen LogP contribution < -0.4 is 4.90 Å². The number of benzene rings is 1. The maximum absolute atomic E-state index is 15.4. The zero-order valence-corrected chi connectivity index (χ0v) is 17.8. The lowest BCUT2D eigenvalue weighted by molar-refractivity contribution is -0.259. The van der Waals surface area contributed by atoms with E-state index in [1.807, 2.05) is 24.8 Å². The van der Waals surface area contributed by atoms with Gasteiger partial charge in [-0.25, -0.2) is 4.39 Å². The second-order valence-corrected chi connectivity index (χ2v) is 8.40. The number of aliphatic imine (C=N–C) groups is 1. The Bertz CT molecular complexity index is 1120. The van der Waals surface area contributed by atoms with Crippen LogP contribution in [-0.4, -0.2) is 28.1 Å². The molecule has 0 amide bonds. The molecule has 9 heteroatoms. The van der Waals surface area contributed by atoms with E-state index in [2.05, 4.69) is 9.98 Å². The van der Waals surface area contributed by atoms with Crippen molar-refractivity contribution >= 4 is 23.1 Å². The van der Waals surface area contributed by atoms with Crippen molar-refractivity contribution in [2.75, 3.05) is 4.90 Å². The Morgan fingerprint density at radius 1 is 1.19 bits per heavy atom. The molecule has 0 saturated heterocycles. The van der Waals surface area contributed by atoms with Gasteiger partial charge in [0, 0.05) is 41.2 Å². The predicted molar refractivity (Wildman–Crippen MR) is 112 cm³/mol. The average molecular weight is 454 g/mol. The maximum atomic E-state index is 15.4. The Balaban J connectivity index is 1.84. The van der Waals surface area contributed by atoms with Gasteiger partial charge in [0.1, 0.15) is 10.9 Å². The van der Waals surface area contributed by atoms with E-state index in [1.54, 1.807) is 6.07 Å². The quantitative estimate of drug-likeness (QED) is 0.587. The number of amidine groups is 1. The summed E-state index contributed by atoms with van der Waals surface area (Å²) in [5.74, 6) is 0.0395. The van der Waals surface area contributed by atoms with Gasteiger partial charge in [0.05, 0.1) is 11.7 Å². The molecule has 4 nitrogen and oxygen atoms in total. The number of alkyl halides is 3. The van der Waals surface area contributed by atoms with E-state index in [0.717, 1.165) is 29.4 Å². The maximum Gasteiger partial charge on any atom is 0.421 e. The number of allylic oxidation sites excluding steroid dienone is 1. The number of aromatic nitrogens is 1. The summed E-state index contributed by atoms with van der Waals surface area (Å²) in [5, 5.41) is 9.85. The normalized spacial score (nSPS) is 20.4. The van der Waals surface area contributed by atoms with Crippen molar-refractivity contribution in [2.45, 2.75) is 51.4 Å². The molecule has 0 radical (unpaired) electrons. The molecule has 0 aliphatic carbocycles. The lowest BCUT2D eigenvalue weighted by atomic mass is 9.91. The van der Waals surface area contributed by atoms with Gasteiger partial charge in [0.15, 0.2) is 11.4 Å². The Labute approximate surface area is 181 Å². The molecule has 2 aromatic rings. The molecule has 4 rings (SSSR count). The first-order valence-corrected chi connectivity index (χ1v) is 10.1. The van der Waals surface area contributed by atoms with E-state index in [1.165, 1.54) is 6.20 Å². The van der Waals surface area contributed by atoms with Crippen LogP contribution in [0.3, 0.4) is 0 Å². The second kappa shape index (κ2) is 7.31. The van der Waals surface area contributed by atoms with E-state index >= 15 is 4.39 Å². The number of halogens is 5. The van der Waals surface area contributed by atoms with Crippen LogP contribution in [0.4, 0.5) is 23.2 Å². The van der Waals surface area contributed by atoms with Crippen LogP contribution in [-0.2, 0) is 12.0 Å². The molecule has 1 aromatic heterocycles. The number of fused-ring (bicyclic) bond motifs is 3. The van der Waals surface area contributed by atoms with Gasteiger partial charge in [-0.2, -0.15) is 13.2 Å². The molecule has 1 aromatic carbocycles. The number of aryl methyl sites for hydroxylation is 1. The molecule has 31 heavy (non-hydrogen) atoms. The van der Waals surface area contributed by atoms with Gasteiger partial charge >= 0.3 is 6.18 Å². The fraction of sp³-hybridized carbons (Fsp3) is 0.364. The number of nitrogens with zero attached hydrogens (tertiary/aromatic N) is 3. The topological polar surface area (TPSA) is 48.7 Å². The SMILES string of the molecule is CC1=CC(C)N=C2CCc3cc(-c4cncc(C(C)(O)C(F)(F)F)c4)c(F)c(Cl)c3N12. The highest BCUT2D eigenvalue weighted by atomic mass is 35.5. The van der Waals surface area contributed by atoms with Crippen LogP contribution >= 0.6 is 11.6 Å². The molecule has 0 spiro atoms. The monoisotopic (exact) mass is 453 g/mol. The summed E-state index contributed by atoms with van der Waals surface area (Å²) in [6.07, 6.45) is 0.398. The zero-order valence-electron chi connectivity index (χ0n) is 17.1. The lowest BCUT2D eigenvalue weighted by Crippen LogP contribution is -2.39. The fourth-order valence-corrected chi connectivity index (χ4v) is 4.32. The molecule has 2 aliphatic rings. The summed E-state index contributed by atoms with van der Waals surface area (Å²) < 4.78 is 55.1. The smallest absolute Gasteiger partial charge is 0.376 e. The van der Waals surface area contributed by atoms with Gasteiger partial charge in [-0.1, -0.05) is 11.6 Å². The van der Waals surface area contributed by atoms with Gasteiger partial charge in [-0.3, -0.25) is 9.98 Å². The standard InChI is InChI=1S/C22H20ClF4N3O/c1-11-6-12(2)30-17(29-11)5-4-13-8-16(19(24)18(23)20(13)30)14-7-15(10-28-9-14)21(3,31)22(25,26)27/h6-11,31H,4-5H2,1-3H3. The van der Waals surface area contributed by atoms with Crippen LogP contribution in [0.15, 0.2) is 41.3 Å². The first kappa shape index (κ1) is 21.8. The van der Waals surface area contributed by atoms with Crippen molar-refractivity contribution < 1.29 is 22.7 Å². The predicted octanol–water partition coefficient (Wildman–Crippen LogP) is 5.77. The summed E-state index contributed by atoms with van der Waals surface area (Å²) >= 11 is 6.44. The summed E-state index contributed by atoms with van der Waals surface area (Å²) in [5.41, 5.74) is -1.33. The molecule has 0 fully saturated rings. The third kappa shape index (κ3) is 3.51. The van der Waals surface area contributed by atoms with Gasteiger partial charge in [0.2, 0.25) is 0 Å². The Morgan fingerprint density at radius 2 is 1.90 bits per heavy atom. The summed E-state index contributed by atoms with van der Waals surface area (Å²) in [7, 11) is 0. The lowest BCUT2D eigenvalue weighted by Gasteiger charge is -2.37. The largest absolute Gasteiger partial charge is 0.421 e. The third-order valence-corrected chi connectivity index (χ3v) is 6.06. The molecule has 0 saturated carbocycles. The molecule has 164 valence electrons. The second-order valence-electron chi connectivity index (χ2n) is 8.02. The Kier molecular flexibility index (Phi) is 5.13. The van der Waals surface area contributed by atoms with Crippen molar-refractivity contribution in [3.63, 3.8) is 0 Å². The van der Waals surface area contributed by atoms with Crippen LogP contribution in [0.25, 0.3) is 11.1 Å². The Hall–Kier alpha value is -2.45.